The second-order valence-electron chi connectivity index (χ2n) is 5.81. The maximum Gasteiger partial charge on any atom is 0.243 e. The van der Waals surface area contributed by atoms with E-state index >= 15 is 0 Å². The molecule has 1 aromatic carbocycles. The highest BCUT2D eigenvalue weighted by molar-refractivity contribution is 7.89. The Kier molecular flexibility index (Phi) is 4.68. The van der Waals surface area contributed by atoms with E-state index in [2.05, 4.69) is 5.16 Å². The molecular formula is C16H18ClFN2O3S. The van der Waals surface area contributed by atoms with Crippen molar-refractivity contribution in [3.8, 4) is 0 Å². The quantitative estimate of drug-likeness (QED) is 0.817. The average molecular weight is 373 g/mol. The molecule has 0 bridgehead atoms. The first-order chi connectivity index (χ1) is 11.4. The summed E-state index contributed by atoms with van der Waals surface area (Å²) in [5, 5.41) is 3.77. The molecule has 3 rings (SSSR count). The first-order valence-corrected chi connectivity index (χ1v) is 9.60. The Labute approximate surface area is 145 Å². The van der Waals surface area contributed by atoms with Crippen LogP contribution < -0.4 is 0 Å². The van der Waals surface area contributed by atoms with Crippen molar-refractivity contribution in [2.45, 2.75) is 44.0 Å². The lowest BCUT2D eigenvalue weighted by molar-refractivity contribution is 0.368. The lowest BCUT2D eigenvalue weighted by atomic mass is 10.0. The van der Waals surface area contributed by atoms with Crippen LogP contribution in [0.15, 0.2) is 27.6 Å². The molecule has 0 radical (unpaired) electrons. The van der Waals surface area contributed by atoms with Crippen LogP contribution in [0.1, 0.15) is 42.8 Å². The monoisotopic (exact) mass is 372 g/mol. The first kappa shape index (κ1) is 17.4. The third-order valence-corrected chi connectivity index (χ3v) is 6.53. The molecule has 1 aliphatic heterocycles. The van der Waals surface area contributed by atoms with E-state index in [0.29, 0.717) is 30.8 Å². The number of hydrogen-bond donors (Lipinski definition) is 0. The van der Waals surface area contributed by atoms with Crippen molar-refractivity contribution in [3.63, 3.8) is 0 Å². The van der Waals surface area contributed by atoms with Crippen molar-refractivity contribution in [2.75, 3.05) is 6.54 Å². The van der Waals surface area contributed by atoms with E-state index in [1.807, 2.05) is 13.8 Å². The van der Waals surface area contributed by atoms with Gasteiger partial charge in [0.2, 0.25) is 10.0 Å². The largest absolute Gasteiger partial charge is 0.361 e. The van der Waals surface area contributed by atoms with Crippen molar-refractivity contribution in [1.29, 1.82) is 0 Å². The molecule has 8 heteroatoms. The molecule has 5 nitrogen and oxygen atoms in total. The Morgan fingerprint density at radius 2 is 2.21 bits per heavy atom. The number of sulfonamides is 1. The van der Waals surface area contributed by atoms with Gasteiger partial charge in [0, 0.05) is 18.5 Å². The molecule has 0 saturated carbocycles. The molecule has 1 aromatic heterocycles. The summed E-state index contributed by atoms with van der Waals surface area (Å²) in [6, 6.07) is 3.15. The number of hydrogen-bond acceptors (Lipinski definition) is 4. The minimum absolute atomic E-state index is 0.00652. The average Bonchev–Trinajstić information content (AvgIpc) is 3.15. The van der Waals surface area contributed by atoms with Gasteiger partial charge in [-0.2, -0.15) is 4.31 Å². The van der Waals surface area contributed by atoms with E-state index in [1.165, 1.54) is 10.4 Å². The summed E-state index contributed by atoms with van der Waals surface area (Å²) in [5.41, 5.74) is 1.54. The summed E-state index contributed by atoms with van der Waals surface area (Å²) in [6.07, 6.45) is 2.08. The molecule has 1 atom stereocenters. The molecule has 130 valence electrons. The molecule has 1 fully saturated rings. The Morgan fingerprint density at radius 1 is 1.46 bits per heavy atom. The van der Waals surface area contributed by atoms with Gasteiger partial charge in [-0.3, -0.25) is 0 Å². The molecule has 0 spiro atoms. The lowest BCUT2D eigenvalue weighted by Gasteiger charge is -2.24. The van der Waals surface area contributed by atoms with Crippen LogP contribution in [0.3, 0.4) is 0 Å². The summed E-state index contributed by atoms with van der Waals surface area (Å²) in [6.45, 7) is 4.16. The van der Waals surface area contributed by atoms with Gasteiger partial charge in [0.15, 0.2) is 0 Å². The van der Waals surface area contributed by atoms with Crippen molar-refractivity contribution in [2.24, 2.45) is 0 Å². The minimum Gasteiger partial charge on any atom is -0.361 e. The topological polar surface area (TPSA) is 63.4 Å². The Morgan fingerprint density at radius 3 is 2.88 bits per heavy atom. The van der Waals surface area contributed by atoms with Crippen LogP contribution >= 0.6 is 11.6 Å². The Balaban J connectivity index is 2.03. The van der Waals surface area contributed by atoms with Crippen molar-refractivity contribution < 1.29 is 17.3 Å². The predicted octanol–water partition coefficient (Wildman–Crippen LogP) is 3.86. The van der Waals surface area contributed by atoms with Crippen molar-refractivity contribution >= 4 is 21.6 Å². The summed E-state index contributed by atoms with van der Waals surface area (Å²) >= 11 is 5.75. The van der Waals surface area contributed by atoms with Gasteiger partial charge in [-0.1, -0.05) is 23.7 Å². The summed E-state index contributed by atoms with van der Waals surface area (Å²) in [7, 11) is -3.78. The van der Waals surface area contributed by atoms with E-state index in [9.17, 15) is 12.8 Å². The predicted molar refractivity (Wildman–Crippen MR) is 87.9 cm³/mol. The maximum atomic E-state index is 13.4. The minimum atomic E-state index is -3.78. The highest BCUT2D eigenvalue weighted by atomic mass is 35.5. The number of rotatable bonds is 4. The number of aromatic nitrogens is 1. The number of aryl methyl sites for hydroxylation is 2. The molecule has 1 saturated heterocycles. The molecule has 0 aliphatic carbocycles. The van der Waals surface area contributed by atoms with E-state index in [0.717, 1.165) is 24.1 Å². The van der Waals surface area contributed by atoms with Crippen molar-refractivity contribution in [3.05, 3.63) is 46.1 Å². The highest BCUT2D eigenvalue weighted by Gasteiger charge is 2.39. The molecule has 2 aromatic rings. The second-order valence-corrected chi connectivity index (χ2v) is 8.11. The van der Waals surface area contributed by atoms with Crippen LogP contribution in [0.2, 0.25) is 5.02 Å². The third-order valence-electron chi connectivity index (χ3n) is 4.34. The molecule has 0 N–H and O–H groups in total. The lowest BCUT2D eigenvalue weighted by Crippen LogP contribution is -2.31. The first-order valence-electron chi connectivity index (χ1n) is 7.78. The summed E-state index contributed by atoms with van der Waals surface area (Å²) < 4.78 is 46.1. The van der Waals surface area contributed by atoms with Gasteiger partial charge < -0.3 is 4.52 Å². The molecule has 2 heterocycles. The van der Waals surface area contributed by atoms with Crippen LogP contribution in [0.4, 0.5) is 4.39 Å². The smallest absolute Gasteiger partial charge is 0.243 e. The second kappa shape index (κ2) is 6.46. The van der Waals surface area contributed by atoms with Gasteiger partial charge in [0.25, 0.3) is 0 Å². The highest BCUT2D eigenvalue weighted by Crippen LogP contribution is 2.39. The Hall–Kier alpha value is -1.44. The number of halogens is 2. The van der Waals surface area contributed by atoms with E-state index < -0.39 is 15.8 Å². The Bertz CT molecular complexity index is 866. The van der Waals surface area contributed by atoms with Crippen LogP contribution in [0.5, 0.6) is 0 Å². The van der Waals surface area contributed by atoms with Gasteiger partial charge in [0.1, 0.15) is 11.6 Å². The van der Waals surface area contributed by atoms with Gasteiger partial charge in [0.05, 0.1) is 21.7 Å². The molecule has 0 amide bonds. The van der Waals surface area contributed by atoms with Gasteiger partial charge in [-0.25, -0.2) is 12.8 Å². The SMILES string of the molecule is CCc1onc(C)c1[C@@H]1CCCN1S(=O)(=O)c1ccc(F)c(Cl)c1. The summed E-state index contributed by atoms with van der Waals surface area (Å²) in [5.74, 6) is 0.0634. The van der Waals surface area contributed by atoms with Gasteiger partial charge in [-0.15, -0.1) is 0 Å². The normalized spacial score (nSPS) is 19.1. The zero-order chi connectivity index (χ0) is 17.5. The van der Waals surface area contributed by atoms with Crippen LogP contribution in [0.25, 0.3) is 0 Å². The summed E-state index contributed by atoms with van der Waals surface area (Å²) in [4.78, 5) is -0.00652. The van der Waals surface area contributed by atoms with Crippen LogP contribution in [-0.4, -0.2) is 24.4 Å². The standard InChI is InChI=1S/C16H18ClFN2O3S/c1-3-15-16(10(2)19-23-15)14-5-4-8-20(14)24(21,22)11-6-7-13(18)12(17)9-11/h6-7,9,14H,3-5,8H2,1-2H3/t14-/m0/s1. The van der Waals surface area contributed by atoms with Crippen molar-refractivity contribution in [1.82, 2.24) is 9.46 Å². The molecule has 0 unspecified atom stereocenters. The zero-order valence-corrected chi connectivity index (χ0v) is 15.0. The molecular weight excluding hydrogens is 355 g/mol. The zero-order valence-electron chi connectivity index (χ0n) is 13.4. The van der Waals surface area contributed by atoms with Crippen LogP contribution in [0, 0.1) is 12.7 Å². The fourth-order valence-electron chi connectivity index (χ4n) is 3.19. The molecule has 1 aliphatic rings. The fraction of sp³-hybridized carbons (Fsp3) is 0.438. The number of benzene rings is 1. The number of nitrogens with zero attached hydrogens (tertiary/aromatic N) is 2. The van der Waals surface area contributed by atoms with Gasteiger partial charge in [-0.05, 0) is 38.0 Å². The van der Waals surface area contributed by atoms with Crippen LogP contribution in [-0.2, 0) is 16.4 Å². The fourth-order valence-corrected chi connectivity index (χ4v) is 5.13. The van der Waals surface area contributed by atoms with E-state index in [1.54, 1.807) is 0 Å². The molecule has 24 heavy (non-hydrogen) atoms. The third kappa shape index (κ3) is 2.85. The van der Waals surface area contributed by atoms with E-state index in [-0.39, 0.29) is 16.0 Å². The maximum absolute atomic E-state index is 13.4. The van der Waals surface area contributed by atoms with E-state index in [4.69, 9.17) is 16.1 Å². The van der Waals surface area contributed by atoms with Gasteiger partial charge >= 0.3 is 0 Å².